The highest BCUT2D eigenvalue weighted by molar-refractivity contribution is 5.99. The van der Waals surface area contributed by atoms with Gasteiger partial charge >= 0.3 is 11.9 Å². The SMILES string of the molecule is C/C=C(\NC(=O)[C@H](C)NC)C(=O)N1CC(OC(C)=O)C[C@H]1Cc1c(-c2[nH]c3cc(F)ccc3c2C[C@@H]2C[C@H](OC(C)=O)CN2C(=O)[C@H](CC)NC(=O)[C@H](C)NC)[nH]c2cc(F)ccc12. The standard InChI is InChI=1S/C46H58F2N8O8/c1-9-37(53-43(59)23(3)49-7)45(61)55-21-31(63-25(5)57)17-29(55)19-35-33-13-11-27(47)15-39(33)51-41(35)42-36(34-14-12-28(48)16-40(34)52-42)20-30-18-32(64-26(6)58)22-56(30)46(62)38(10-2)54-44(60)24(4)50-8/h9,11-16,23-24,29-32,38,49-52H,10,17-22H2,1-8H3,(H,53,59)(H,54,60)/b37-9-/t23-,24-,29-,30-,31?,32-,38-/m0/s1. The lowest BCUT2D eigenvalue weighted by atomic mass is 9.94. The Morgan fingerprint density at radius 3 is 1.69 bits per heavy atom. The molecule has 0 spiro atoms. The van der Waals surface area contributed by atoms with Crippen LogP contribution < -0.4 is 21.3 Å². The van der Waals surface area contributed by atoms with E-state index in [1.165, 1.54) is 44.2 Å². The number of hydrogen-bond donors (Lipinski definition) is 6. The number of nitrogens with one attached hydrogen (secondary N) is 6. The molecule has 0 aliphatic carbocycles. The Bertz CT molecular complexity index is 2470. The molecule has 0 saturated carbocycles. The number of aromatic amines is 2. The van der Waals surface area contributed by atoms with E-state index in [0.717, 1.165) is 0 Å². The second kappa shape index (κ2) is 20.1. The minimum Gasteiger partial charge on any atom is -0.461 e. The summed E-state index contributed by atoms with van der Waals surface area (Å²) in [5.74, 6) is -3.62. The Morgan fingerprint density at radius 1 is 0.766 bits per heavy atom. The van der Waals surface area contributed by atoms with E-state index >= 15 is 0 Å². The van der Waals surface area contributed by atoms with Crippen molar-refractivity contribution in [2.24, 2.45) is 0 Å². The van der Waals surface area contributed by atoms with Crippen molar-refractivity contribution in [3.63, 3.8) is 0 Å². The van der Waals surface area contributed by atoms with Crippen molar-refractivity contribution in [2.45, 2.75) is 116 Å². The van der Waals surface area contributed by atoms with Gasteiger partial charge in [0.15, 0.2) is 0 Å². The third-order valence-electron chi connectivity index (χ3n) is 12.3. The fourth-order valence-electron chi connectivity index (χ4n) is 8.81. The number of rotatable bonds is 16. The highest BCUT2D eigenvalue weighted by atomic mass is 19.1. The molecule has 2 aliphatic rings. The van der Waals surface area contributed by atoms with E-state index in [0.29, 0.717) is 50.7 Å². The molecule has 6 rings (SSSR count). The zero-order valence-corrected chi connectivity index (χ0v) is 37.4. The summed E-state index contributed by atoms with van der Waals surface area (Å²) in [4.78, 5) is 89.0. The molecule has 0 radical (unpaired) electrons. The maximum Gasteiger partial charge on any atom is 0.302 e. The molecule has 64 heavy (non-hydrogen) atoms. The molecule has 7 atom stereocenters. The summed E-state index contributed by atoms with van der Waals surface area (Å²) in [7, 11) is 3.27. The van der Waals surface area contributed by atoms with Crippen molar-refractivity contribution in [3.8, 4) is 11.4 Å². The molecule has 2 fully saturated rings. The normalized spacial score (nSPS) is 20.3. The van der Waals surface area contributed by atoms with Gasteiger partial charge in [-0.15, -0.1) is 0 Å². The third-order valence-corrected chi connectivity index (χ3v) is 12.3. The number of aromatic nitrogens is 2. The summed E-state index contributed by atoms with van der Waals surface area (Å²) >= 11 is 0. The van der Waals surface area contributed by atoms with Crippen molar-refractivity contribution in [3.05, 3.63) is 70.9 Å². The zero-order valence-electron chi connectivity index (χ0n) is 37.4. The van der Waals surface area contributed by atoms with Crippen LogP contribution in [0.4, 0.5) is 8.78 Å². The molecular weight excluding hydrogens is 831 g/mol. The van der Waals surface area contributed by atoms with Crippen LogP contribution in [0.3, 0.4) is 0 Å². The maximum absolute atomic E-state index is 15.0. The van der Waals surface area contributed by atoms with Gasteiger partial charge in [0.05, 0.1) is 36.6 Å². The fourth-order valence-corrected chi connectivity index (χ4v) is 8.81. The number of amides is 4. The summed E-state index contributed by atoms with van der Waals surface area (Å²) in [5.41, 5.74) is 3.34. The number of carbonyl (C=O) groups excluding carboxylic acids is 6. The van der Waals surface area contributed by atoms with Crippen LogP contribution in [-0.4, -0.2) is 125 Å². The molecule has 0 bridgehead atoms. The van der Waals surface area contributed by atoms with Crippen LogP contribution in [0.15, 0.2) is 48.2 Å². The Morgan fingerprint density at radius 2 is 1.23 bits per heavy atom. The summed E-state index contributed by atoms with van der Waals surface area (Å²) in [5, 5.41) is 12.6. The average molecular weight is 889 g/mol. The number of H-pyrrole nitrogens is 2. The number of hydrogen-bond acceptors (Lipinski definition) is 10. The largest absolute Gasteiger partial charge is 0.461 e. The van der Waals surface area contributed by atoms with Gasteiger partial charge in [-0.2, -0.15) is 0 Å². The van der Waals surface area contributed by atoms with Gasteiger partial charge in [0.2, 0.25) is 17.7 Å². The van der Waals surface area contributed by atoms with Crippen LogP contribution in [0.1, 0.15) is 71.9 Å². The first-order valence-corrected chi connectivity index (χ1v) is 21.6. The molecule has 2 saturated heterocycles. The first-order valence-electron chi connectivity index (χ1n) is 21.6. The van der Waals surface area contributed by atoms with Crippen LogP contribution in [0.25, 0.3) is 33.2 Å². The second-order valence-electron chi connectivity index (χ2n) is 16.6. The van der Waals surface area contributed by atoms with E-state index in [9.17, 15) is 37.5 Å². The number of likely N-dealkylation sites (N-methyl/N-ethyl adjacent to an activating group) is 2. The summed E-state index contributed by atoms with van der Waals surface area (Å²) in [6, 6.07) is 5.50. The van der Waals surface area contributed by atoms with E-state index in [2.05, 4.69) is 31.2 Å². The minimum atomic E-state index is -0.871. The van der Waals surface area contributed by atoms with Crippen molar-refractivity contribution < 1.29 is 47.0 Å². The number of ether oxygens (including phenoxy) is 2. The van der Waals surface area contributed by atoms with Crippen LogP contribution in [0.5, 0.6) is 0 Å². The van der Waals surface area contributed by atoms with Crippen molar-refractivity contribution >= 4 is 57.4 Å². The Balaban J connectivity index is 1.45. The van der Waals surface area contributed by atoms with Crippen LogP contribution in [0.2, 0.25) is 0 Å². The number of likely N-dealkylation sites (tertiary alicyclic amines) is 2. The van der Waals surface area contributed by atoms with Gasteiger partial charge in [0, 0.05) is 60.6 Å². The first kappa shape index (κ1) is 47.3. The highest BCUT2D eigenvalue weighted by Gasteiger charge is 2.42. The number of carbonyl (C=O) groups is 6. The predicted octanol–water partition coefficient (Wildman–Crippen LogP) is 3.88. The van der Waals surface area contributed by atoms with E-state index in [1.54, 1.807) is 63.7 Å². The number of benzene rings is 2. The fraction of sp³-hybridized carbons (Fsp3) is 0.478. The van der Waals surface area contributed by atoms with E-state index in [1.807, 2.05) is 0 Å². The molecule has 2 aromatic carbocycles. The lowest BCUT2D eigenvalue weighted by Gasteiger charge is -2.29. The molecule has 2 aliphatic heterocycles. The van der Waals surface area contributed by atoms with E-state index in [4.69, 9.17) is 9.47 Å². The van der Waals surface area contributed by atoms with E-state index < -0.39 is 77.8 Å². The Kier molecular flexibility index (Phi) is 14.9. The second-order valence-corrected chi connectivity index (χ2v) is 16.6. The summed E-state index contributed by atoms with van der Waals surface area (Å²) in [6.45, 7) is 9.48. The van der Waals surface area contributed by atoms with E-state index in [-0.39, 0.29) is 56.3 Å². The zero-order chi connectivity index (χ0) is 46.6. The Labute approximate surface area is 370 Å². The average Bonchev–Trinajstić information content (AvgIpc) is 4.03. The quantitative estimate of drug-likeness (QED) is 0.0708. The van der Waals surface area contributed by atoms with Gasteiger partial charge in [0.1, 0.15) is 35.6 Å². The van der Waals surface area contributed by atoms with Crippen molar-refractivity contribution in [1.82, 2.24) is 41.0 Å². The molecule has 2 aromatic heterocycles. The van der Waals surface area contributed by atoms with Crippen molar-refractivity contribution in [1.29, 1.82) is 0 Å². The van der Waals surface area contributed by atoms with Crippen LogP contribution in [0, 0.1) is 11.6 Å². The van der Waals surface area contributed by atoms with Crippen LogP contribution in [-0.2, 0) is 51.1 Å². The molecule has 16 nitrogen and oxygen atoms in total. The molecule has 344 valence electrons. The summed E-state index contributed by atoms with van der Waals surface area (Å²) < 4.78 is 41.2. The van der Waals surface area contributed by atoms with Crippen LogP contribution >= 0.6 is 0 Å². The van der Waals surface area contributed by atoms with Gasteiger partial charge in [-0.1, -0.05) is 13.0 Å². The van der Waals surface area contributed by atoms with Gasteiger partial charge in [-0.25, -0.2) is 8.78 Å². The van der Waals surface area contributed by atoms with Gasteiger partial charge in [0.25, 0.3) is 5.91 Å². The van der Waals surface area contributed by atoms with Gasteiger partial charge < -0.3 is 50.5 Å². The molecule has 18 heteroatoms. The molecule has 6 N–H and O–H groups in total. The maximum atomic E-state index is 15.0. The molecular formula is C46H58F2N8O8. The molecule has 1 unspecified atom stereocenters. The predicted molar refractivity (Wildman–Crippen MR) is 235 cm³/mol. The topological polar surface area (TPSA) is 207 Å². The molecule has 4 heterocycles. The number of esters is 2. The lowest BCUT2D eigenvalue weighted by molar-refractivity contribution is -0.147. The molecule has 4 amide bonds. The summed E-state index contributed by atoms with van der Waals surface area (Å²) in [6.07, 6.45) is 1.40. The Hall–Kier alpha value is -6.14. The van der Waals surface area contributed by atoms with Gasteiger partial charge in [-0.3, -0.25) is 28.8 Å². The third kappa shape index (κ3) is 10.3. The monoisotopic (exact) mass is 888 g/mol. The highest BCUT2D eigenvalue weighted by Crippen LogP contribution is 2.40. The number of nitrogens with zero attached hydrogens (tertiary/aromatic N) is 2. The molecule has 4 aromatic rings. The minimum absolute atomic E-state index is 0.0449. The number of fused-ring (bicyclic) bond motifs is 2. The first-order chi connectivity index (χ1) is 30.5. The van der Waals surface area contributed by atoms with Crippen molar-refractivity contribution in [2.75, 3.05) is 27.2 Å². The number of halogens is 2. The van der Waals surface area contributed by atoms with Gasteiger partial charge in [-0.05, 0) is 102 Å². The smallest absolute Gasteiger partial charge is 0.302 e. The lowest BCUT2D eigenvalue weighted by Crippen LogP contribution is -2.53. The number of allylic oxidation sites excluding steroid dienone is 1.